The maximum atomic E-state index is 8.76. The molecule has 1 atom stereocenters. The van der Waals surface area contributed by atoms with Gasteiger partial charge in [0.2, 0.25) is 0 Å². The summed E-state index contributed by atoms with van der Waals surface area (Å²) in [6.45, 7) is 4.58. The number of allylic oxidation sites excluding steroid dienone is 2. The van der Waals surface area contributed by atoms with E-state index in [-0.39, 0.29) is 6.04 Å². The molecular formula is C10H12BrN3. The first-order valence-electron chi connectivity index (χ1n) is 4.59. The highest BCUT2D eigenvalue weighted by atomic mass is 79.9. The van der Waals surface area contributed by atoms with Gasteiger partial charge in [-0.1, -0.05) is 13.8 Å². The van der Waals surface area contributed by atoms with E-state index < -0.39 is 0 Å². The summed E-state index contributed by atoms with van der Waals surface area (Å²) < 4.78 is 0.976. The molecule has 0 fully saturated rings. The van der Waals surface area contributed by atoms with E-state index in [9.17, 15) is 0 Å². The van der Waals surface area contributed by atoms with E-state index in [0.29, 0.717) is 6.54 Å². The molecule has 0 aromatic heterocycles. The molecule has 2 aliphatic rings. The SMILES string of the molecule is CC.N#CC1CN=C2C=CC(Br)=CN21. The van der Waals surface area contributed by atoms with Crippen molar-refractivity contribution in [1.29, 1.82) is 5.26 Å². The van der Waals surface area contributed by atoms with Gasteiger partial charge in [0.15, 0.2) is 0 Å². The highest BCUT2D eigenvalue weighted by Crippen LogP contribution is 2.20. The summed E-state index contributed by atoms with van der Waals surface area (Å²) in [6.07, 6.45) is 5.72. The Morgan fingerprint density at radius 2 is 2.29 bits per heavy atom. The van der Waals surface area contributed by atoms with Crippen LogP contribution in [0.4, 0.5) is 0 Å². The minimum Gasteiger partial charge on any atom is -0.314 e. The minimum atomic E-state index is -0.127. The Morgan fingerprint density at radius 3 is 2.93 bits per heavy atom. The van der Waals surface area contributed by atoms with E-state index in [2.05, 4.69) is 27.0 Å². The molecule has 0 aromatic rings. The Balaban J connectivity index is 0.000000461. The van der Waals surface area contributed by atoms with Gasteiger partial charge in [-0.2, -0.15) is 5.26 Å². The van der Waals surface area contributed by atoms with Crippen molar-refractivity contribution in [3.8, 4) is 6.07 Å². The maximum Gasteiger partial charge on any atom is 0.141 e. The van der Waals surface area contributed by atoms with Gasteiger partial charge in [-0.25, -0.2) is 0 Å². The summed E-state index contributed by atoms with van der Waals surface area (Å²) in [7, 11) is 0. The zero-order chi connectivity index (χ0) is 10.6. The number of nitriles is 1. The number of fused-ring (bicyclic) bond motifs is 1. The lowest BCUT2D eigenvalue weighted by Gasteiger charge is -2.20. The van der Waals surface area contributed by atoms with Crippen LogP contribution in [0.15, 0.2) is 27.8 Å². The van der Waals surface area contributed by atoms with Crippen LogP contribution in [0.5, 0.6) is 0 Å². The van der Waals surface area contributed by atoms with E-state index in [0.717, 1.165) is 10.3 Å². The molecule has 0 saturated carbocycles. The smallest absolute Gasteiger partial charge is 0.141 e. The normalized spacial score (nSPS) is 22.7. The largest absolute Gasteiger partial charge is 0.314 e. The topological polar surface area (TPSA) is 39.4 Å². The van der Waals surface area contributed by atoms with Gasteiger partial charge in [0, 0.05) is 10.7 Å². The minimum absolute atomic E-state index is 0.127. The summed E-state index contributed by atoms with van der Waals surface area (Å²) in [4.78, 5) is 6.09. The molecule has 4 heteroatoms. The van der Waals surface area contributed by atoms with E-state index >= 15 is 0 Å². The second-order valence-electron chi connectivity index (χ2n) is 2.60. The molecule has 2 heterocycles. The third-order valence-electron chi connectivity index (χ3n) is 1.83. The van der Waals surface area contributed by atoms with Crippen LogP contribution in [0.1, 0.15) is 13.8 Å². The lowest BCUT2D eigenvalue weighted by molar-refractivity contribution is 0.523. The van der Waals surface area contributed by atoms with Crippen molar-refractivity contribution >= 4 is 21.8 Å². The fraction of sp³-hybridized carbons (Fsp3) is 0.400. The molecule has 74 valence electrons. The molecule has 0 bridgehead atoms. The Labute approximate surface area is 92.6 Å². The number of aliphatic imine (C=N–C) groups is 1. The Morgan fingerprint density at radius 1 is 1.57 bits per heavy atom. The summed E-state index contributed by atoms with van der Waals surface area (Å²) in [5, 5.41) is 8.76. The van der Waals surface area contributed by atoms with Gasteiger partial charge in [0.25, 0.3) is 0 Å². The monoisotopic (exact) mass is 253 g/mol. The van der Waals surface area contributed by atoms with Crippen molar-refractivity contribution in [2.24, 2.45) is 4.99 Å². The summed E-state index contributed by atoms with van der Waals surface area (Å²) in [6, 6.07) is 2.07. The van der Waals surface area contributed by atoms with Crippen molar-refractivity contribution in [2.75, 3.05) is 6.54 Å². The van der Waals surface area contributed by atoms with Crippen molar-refractivity contribution in [2.45, 2.75) is 19.9 Å². The molecule has 0 N–H and O–H groups in total. The third-order valence-corrected chi connectivity index (χ3v) is 2.30. The van der Waals surface area contributed by atoms with Gasteiger partial charge < -0.3 is 4.90 Å². The highest BCUT2D eigenvalue weighted by Gasteiger charge is 2.25. The fourth-order valence-electron chi connectivity index (χ4n) is 1.24. The van der Waals surface area contributed by atoms with Gasteiger partial charge in [-0.3, -0.25) is 4.99 Å². The van der Waals surface area contributed by atoms with Crippen LogP contribution >= 0.6 is 15.9 Å². The summed E-state index contributed by atoms with van der Waals surface area (Å²) in [5.74, 6) is 0.879. The molecule has 0 aliphatic carbocycles. The average molecular weight is 254 g/mol. The summed E-state index contributed by atoms with van der Waals surface area (Å²) >= 11 is 3.35. The molecule has 0 radical (unpaired) electrons. The molecule has 1 unspecified atom stereocenters. The second kappa shape index (κ2) is 4.97. The number of amidine groups is 1. The predicted octanol–water partition coefficient (Wildman–Crippen LogP) is 2.42. The van der Waals surface area contributed by atoms with Crippen LogP contribution in [0.2, 0.25) is 0 Å². The third kappa shape index (κ3) is 2.05. The molecule has 3 nitrogen and oxygen atoms in total. The van der Waals surface area contributed by atoms with Crippen LogP contribution in [-0.2, 0) is 0 Å². The van der Waals surface area contributed by atoms with E-state index in [1.165, 1.54) is 0 Å². The van der Waals surface area contributed by atoms with Crippen LogP contribution in [0.3, 0.4) is 0 Å². The average Bonchev–Trinajstić information content (AvgIpc) is 2.63. The van der Waals surface area contributed by atoms with E-state index in [1.807, 2.05) is 37.1 Å². The Hall–Kier alpha value is -1.08. The molecule has 0 saturated heterocycles. The molecule has 0 amide bonds. The lowest BCUT2D eigenvalue weighted by atomic mass is 10.2. The standard InChI is InChI=1S/C8H6BrN3.C2H6/c9-6-1-2-8-11-4-7(3-10)12(8)5-6;1-2/h1-2,5,7H,4H2;1-2H3. The first-order chi connectivity index (χ1) is 6.81. The first kappa shape index (κ1) is 11.0. The zero-order valence-corrected chi connectivity index (χ0v) is 9.82. The van der Waals surface area contributed by atoms with Crippen molar-refractivity contribution in [3.05, 3.63) is 22.8 Å². The Bertz CT molecular complexity index is 336. The molecule has 2 aliphatic heterocycles. The predicted molar refractivity (Wildman–Crippen MR) is 61.0 cm³/mol. The second-order valence-corrected chi connectivity index (χ2v) is 3.51. The first-order valence-corrected chi connectivity index (χ1v) is 5.38. The van der Waals surface area contributed by atoms with Crippen LogP contribution in [-0.4, -0.2) is 23.3 Å². The summed E-state index contributed by atoms with van der Waals surface area (Å²) in [5.41, 5.74) is 0. The van der Waals surface area contributed by atoms with Crippen LogP contribution < -0.4 is 0 Å². The molecular weight excluding hydrogens is 242 g/mol. The number of hydrogen-bond donors (Lipinski definition) is 0. The lowest BCUT2D eigenvalue weighted by Crippen LogP contribution is -2.31. The van der Waals surface area contributed by atoms with Crippen molar-refractivity contribution in [3.63, 3.8) is 0 Å². The van der Waals surface area contributed by atoms with Gasteiger partial charge in [-0.05, 0) is 28.1 Å². The van der Waals surface area contributed by atoms with E-state index in [1.54, 1.807) is 0 Å². The van der Waals surface area contributed by atoms with Crippen LogP contribution in [0, 0.1) is 11.3 Å². The fourth-order valence-corrected chi connectivity index (χ4v) is 1.59. The van der Waals surface area contributed by atoms with Gasteiger partial charge in [0.05, 0.1) is 12.6 Å². The molecule has 2 rings (SSSR count). The van der Waals surface area contributed by atoms with Crippen molar-refractivity contribution < 1.29 is 0 Å². The Kier molecular flexibility index (Phi) is 3.90. The molecule has 0 spiro atoms. The quantitative estimate of drug-likeness (QED) is 0.666. The maximum absolute atomic E-state index is 8.76. The van der Waals surface area contributed by atoms with Gasteiger partial charge in [0.1, 0.15) is 11.9 Å². The van der Waals surface area contributed by atoms with E-state index in [4.69, 9.17) is 5.26 Å². The number of nitrogens with zero attached hydrogens (tertiary/aromatic N) is 3. The molecule has 14 heavy (non-hydrogen) atoms. The van der Waals surface area contributed by atoms with Crippen molar-refractivity contribution in [1.82, 2.24) is 4.90 Å². The zero-order valence-electron chi connectivity index (χ0n) is 8.24. The van der Waals surface area contributed by atoms with Crippen LogP contribution in [0.25, 0.3) is 0 Å². The number of halogens is 1. The number of hydrogen-bond acceptors (Lipinski definition) is 3. The molecule has 0 aromatic carbocycles. The van der Waals surface area contributed by atoms with Gasteiger partial charge in [-0.15, -0.1) is 0 Å². The highest BCUT2D eigenvalue weighted by molar-refractivity contribution is 9.11. The number of rotatable bonds is 0. The van der Waals surface area contributed by atoms with Gasteiger partial charge >= 0.3 is 0 Å².